The van der Waals surface area contributed by atoms with Crippen molar-refractivity contribution in [1.82, 2.24) is 14.7 Å². The Bertz CT molecular complexity index is 743. The number of aliphatic hydroxyl groups excluding tert-OH is 1. The average Bonchev–Trinajstić information content (AvgIpc) is 2.53. The number of carbonyl (C=O) groups excluding carboxylic acids is 1. The van der Waals surface area contributed by atoms with Gasteiger partial charge in [0.05, 0.1) is 12.3 Å². The summed E-state index contributed by atoms with van der Waals surface area (Å²) in [5.41, 5.74) is 0.338. The summed E-state index contributed by atoms with van der Waals surface area (Å²) >= 11 is 0. The zero-order chi connectivity index (χ0) is 15.5. The quantitative estimate of drug-likeness (QED) is 0.749. The summed E-state index contributed by atoms with van der Waals surface area (Å²) in [5, 5.41) is 15.6. The second-order valence-electron chi connectivity index (χ2n) is 5.43. The fourth-order valence-corrected chi connectivity index (χ4v) is 2.66. The number of fused-ring (bicyclic) bond motifs is 1. The number of aromatic nitrogens is 2. The molecule has 7 heteroatoms. The van der Waals surface area contributed by atoms with E-state index in [9.17, 15) is 14.7 Å². The molecule has 0 unspecified atom stereocenters. The predicted octanol–water partition coefficient (Wildman–Crippen LogP) is 0.136. The van der Waals surface area contributed by atoms with Crippen molar-refractivity contribution >= 4 is 17.2 Å². The number of hydrogen-bond donors (Lipinski definition) is 3. The molecule has 3 heterocycles. The Hall–Kier alpha value is -2.25. The number of piperidine rings is 1. The largest absolute Gasteiger partial charge is 0.391 e. The Kier molecular flexibility index (Phi) is 4.17. The number of pyridine rings is 1. The van der Waals surface area contributed by atoms with Gasteiger partial charge in [0, 0.05) is 18.7 Å². The first-order valence-electron chi connectivity index (χ1n) is 7.33. The first kappa shape index (κ1) is 14.7. The van der Waals surface area contributed by atoms with Crippen molar-refractivity contribution in [2.24, 2.45) is 0 Å². The fourth-order valence-electron chi connectivity index (χ4n) is 2.66. The maximum atomic E-state index is 12.3. The van der Waals surface area contributed by atoms with Crippen molar-refractivity contribution in [2.45, 2.75) is 31.4 Å². The van der Waals surface area contributed by atoms with Crippen molar-refractivity contribution in [3.8, 4) is 0 Å². The van der Waals surface area contributed by atoms with E-state index in [0.29, 0.717) is 12.1 Å². The van der Waals surface area contributed by atoms with E-state index < -0.39 is 6.10 Å². The Balaban J connectivity index is 1.74. The highest BCUT2D eigenvalue weighted by Crippen LogP contribution is 2.12. The lowest BCUT2D eigenvalue weighted by Crippen LogP contribution is -2.46. The van der Waals surface area contributed by atoms with E-state index in [1.54, 1.807) is 24.4 Å². The number of aliphatic hydroxyl groups is 1. The van der Waals surface area contributed by atoms with Gasteiger partial charge in [0.2, 0.25) is 5.91 Å². The third-order valence-electron chi connectivity index (χ3n) is 3.84. The van der Waals surface area contributed by atoms with Gasteiger partial charge in [-0.1, -0.05) is 6.07 Å². The molecule has 0 bridgehead atoms. The molecule has 22 heavy (non-hydrogen) atoms. The summed E-state index contributed by atoms with van der Waals surface area (Å²) in [6.07, 6.45) is 4.14. The maximum Gasteiger partial charge on any atom is 0.281 e. The predicted molar refractivity (Wildman–Crippen MR) is 81.7 cm³/mol. The second-order valence-corrected chi connectivity index (χ2v) is 5.43. The van der Waals surface area contributed by atoms with Crippen LogP contribution in [0.2, 0.25) is 0 Å². The first-order chi connectivity index (χ1) is 10.6. The molecule has 0 radical (unpaired) electrons. The normalized spacial score (nSPS) is 21.7. The number of amides is 1. The number of nitrogens with one attached hydrogen (secondary N) is 2. The van der Waals surface area contributed by atoms with E-state index in [1.807, 2.05) is 0 Å². The van der Waals surface area contributed by atoms with Crippen LogP contribution in [0.25, 0.3) is 5.65 Å². The van der Waals surface area contributed by atoms with Gasteiger partial charge in [-0.25, -0.2) is 4.98 Å². The molecule has 1 saturated heterocycles. The molecule has 2 aromatic rings. The van der Waals surface area contributed by atoms with Gasteiger partial charge < -0.3 is 15.7 Å². The van der Waals surface area contributed by atoms with Crippen molar-refractivity contribution in [2.75, 3.05) is 11.9 Å². The standard InChI is InChI=1S/C15H18N4O3/c20-12-4-3-6-16-10(12)8-14(21)18-11-9-17-13-5-1-2-7-19(13)15(11)22/h1-2,5,7,9-10,12,16,20H,3-4,6,8H2,(H,18,21)/t10-,12+/m1/s1. The molecule has 2 atom stereocenters. The van der Waals surface area contributed by atoms with E-state index in [-0.39, 0.29) is 29.6 Å². The topological polar surface area (TPSA) is 95.7 Å². The number of anilines is 1. The van der Waals surface area contributed by atoms with Crippen LogP contribution >= 0.6 is 0 Å². The van der Waals surface area contributed by atoms with Crippen molar-refractivity contribution in [3.05, 3.63) is 40.9 Å². The minimum absolute atomic E-state index is 0.123. The van der Waals surface area contributed by atoms with Gasteiger partial charge in [-0.2, -0.15) is 0 Å². The summed E-state index contributed by atoms with van der Waals surface area (Å²) in [6.45, 7) is 0.787. The highest BCUT2D eigenvalue weighted by molar-refractivity contribution is 5.90. The van der Waals surface area contributed by atoms with E-state index in [4.69, 9.17) is 0 Å². The number of carbonyl (C=O) groups is 1. The van der Waals surface area contributed by atoms with Gasteiger partial charge in [0.25, 0.3) is 5.56 Å². The molecule has 1 fully saturated rings. The number of rotatable bonds is 3. The third-order valence-corrected chi connectivity index (χ3v) is 3.84. The lowest BCUT2D eigenvalue weighted by atomic mass is 9.98. The molecule has 116 valence electrons. The van der Waals surface area contributed by atoms with Crippen LogP contribution in [0.1, 0.15) is 19.3 Å². The molecular weight excluding hydrogens is 284 g/mol. The van der Waals surface area contributed by atoms with Gasteiger partial charge >= 0.3 is 0 Å². The summed E-state index contributed by atoms with van der Waals surface area (Å²) in [5.74, 6) is -0.312. The van der Waals surface area contributed by atoms with Crippen LogP contribution in [-0.2, 0) is 4.79 Å². The van der Waals surface area contributed by atoms with Crippen molar-refractivity contribution < 1.29 is 9.90 Å². The molecule has 0 spiro atoms. The van der Waals surface area contributed by atoms with E-state index >= 15 is 0 Å². The molecule has 2 aromatic heterocycles. The molecule has 1 aliphatic rings. The molecule has 7 nitrogen and oxygen atoms in total. The summed E-state index contributed by atoms with van der Waals surface area (Å²) in [6, 6.07) is 4.96. The molecule has 0 aromatic carbocycles. The Morgan fingerprint density at radius 2 is 2.36 bits per heavy atom. The highest BCUT2D eigenvalue weighted by atomic mass is 16.3. The number of hydrogen-bond acceptors (Lipinski definition) is 5. The highest BCUT2D eigenvalue weighted by Gasteiger charge is 2.25. The van der Waals surface area contributed by atoms with E-state index in [0.717, 1.165) is 13.0 Å². The lowest BCUT2D eigenvalue weighted by molar-refractivity contribution is -0.117. The Morgan fingerprint density at radius 3 is 3.18 bits per heavy atom. The van der Waals surface area contributed by atoms with Gasteiger partial charge in [-0.05, 0) is 31.5 Å². The lowest BCUT2D eigenvalue weighted by Gasteiger charge is -2.28. The SMILES string of the molecule is O=C(C[C@H]1NCCC[C@@H]1O)Nc1cnc2ccccn2c1=O. The van der Waals surface area contributed by atoms with Crippen LogP contribution in [-0.4, -0.2) is 39.1 Å². The van der Waals surface area contributed by atoms with E-state index in [2.05, 4.69) is 15.6 Å². The van der Waals surface area contributed by atoms with Gasteiger partial charge in [-0.15, -0.1) is 0 Å². The summed E-state index contributed by atoms with van der Waals surface area (Å²) in [7, 11) is 0. The zero-order valence-electron chi connectivity index (χ0n) is 12.0. The molecule has 1 aliphatic heterocycles. The Labute approximate surface area is 127 Å². The molecule has 1 amide bonds. The molecule has 3 N–H and O–H groups in total. The monoisotopic (exact) mass is 302 g/mol. The van der Waals surface area contributed by atoms with Gasteiger partial charge in [-0.3, -0.25) is 14.0 Å². The third kappa shape index (κ3) is 3.00. The first-order valence-corrected chi connectivity index (χ1v) is 7.33. The van der Waals surface area contributed by atoms with Crippen LogP contribution in [0.4, 0.5) is 5.69 Å². The Morgan fingerprint density at radius 1 is 1.50 bits per heavy atom. The van der Waals surface area contributed by atoms with Crippen LogP contribution in [0.15, 0.2) is 35.4 Å². The summed E-state index contributed by atoms with van der Waals surface area (Å²) < 4.78 is 1.38. The van der Waals surface area contributed by atoms with Crippen LogP contribution < -0.4 is 16.2 Å². The molecular formula is C15H18N4O3. The minimum atomic E-state index is -0.532. The molecule has 0 saturated carbocycles. The maximum absolute atomic E-state index is 12.3. The molecule has 3 rings (SSSR count). The summed E-state index contributed by atoms with van der Waals surface area (Å²) in [4.78, 5) is 28.5. The second kappa shape index (κ2) is 6.25. The number of nitrogens with zero attached hydrogens (tertiary/aromatic N) is 2. The fraction of sp³-hybridized carbons (Fsp3) is 0.400. The minimum Gasteiger partial charge on any atom is -0.391 e. The van der Waals surface area contributed by atoms with Crippen LogP contribution in [0, 0.1) is 0 Å². The van der Waals surface area contributed by atoms with Crippen LogP contribution in [0.3, 0.4) is 0 Å². The van der Waals surface area contributed by atoms with Crippen LogP contribution in [0.5, 0.6) is 0 Å². The van der Waals surface area contributed by atoms with Crippen molar-refractivity contribution in [1.29, 1.82) is 0 Å². The smallest absolute Gasteiger partial charge is 0.281 e. The zero-order valence-corrected chi connectivity index (χ0v) is 12.0. The van der Waals surface area contributed by atoms with Gasteiger partial charge in [0.1, 0.15) is 11.3 Å². The van der Waals surface area contributed by atoms with Gasteiger partial charge in [0.15, 0.2) is 0 Å². The molecule has 0 aliphatic carbocycles. The van der Waals surface area contributed by atoms with Crippen molar-refractivity contribution in [3.63, 3.8) is 0 Å². The average molecular weight is 302 g/mol. The van der Waals surface area contributed by atoms with E-state index in [1.165, 1.54) is 10.6 Å².